The third kappa shape index (κ3) is 5.50. The number of ether oxygens (including phenoxy) is 1. The molecule has 1 atom stereocenters. The summed E-state index contributed by atoms with van der Waals surface area (Å²) >= 11 is 0. The Bertz CT molecular complexity index is 1280. The Balaban J connectivity index is 1.47. The molecule has 0 aliphatic rings. The summed E-state index contributed by atoms with van der Waals surface area (Å²) in [7, 11) is 1.79. The molecule has 3 aromatic carbocycles. The van der Waals surface area contributed by atoms with Crippen LogP contribution in [-0.4, -0.2) is 26.9 Å². The van der Waals surface area contributed by atoms with Crippen molar-refractivity contribution in [3.8, 4) is 22.3 Å². The molecule has 1 heterocycles. The predicted molar refractivity (Wildman–Crippen MR) is 130 cm³/mol. The second kappa shape index (κ2) is 10.0. The number of aryl methyl sites for hydroxylation is 1. The zero-order chi connectivity index (χ0) is 24.1. The van der Waals surface area contributed by atoms with E-state index in [9.17, 15) is 9.59 Å². The third-order valence-corrected chi connectivity index (χ3v) is 5.44. The second-order valence-corrected chi connectivity index (χ2v) is 7.99. The molecule has 172 valence electrons. The summed E-state index contributed by atoms with van der Waals surface area (Å²) in [5.41, 5.74) is 5.32. The number of hydrogen-bond acceptors (Lipinski definition) is 4. The van der Waals surface area contributed by atoms with Crippen molar-refractivity contribution in [2.75, 3.05) is 5.32 Å². The number of hydrogen-bond donors (Lipinski definition) is 2. The van der Waals surface area contributed by atoms with Crippen molar-refractivity contribution in [2.45, 2.75) is 19.4 Å². The first kappa shape index (κ1) is 22.8. The number of carboxylic acid groups (broad SMARTS) is 1. The lowest BCUT2D eigenvalue weighted by Crippen LogP contribution is -2.17. The fourth-order valence-electron chi connectivity index (χ4n) is 3.70. The molecule has 0 fully saturated rings. The Morgan fingerprint density at radius 3 is 2.15 bits per heavy atom. The van der Waals surface area contributed by atoms with Gasteiger partial charge in [0.15, 0.2) is 5.82 Å². The van der Waals surface area contributed by atoms with Crippen LogP contribution >= 0.6 is 0 Å². The van der Waals surface area contributed by atoms with E-state index in [4.69, 9.17) is 9.84 Å². The smallest absolute Gasteiger partial charge is 0.413 e. The van der Waals surface area contributed by atoms with E-state index in [0.29, 0.717) is 5.82 Å². The zero-order valence-electron chi connectivity index (χ0n) is 18.9. The number of carbonyl (C=O) groups excluding carboxylic acids is 1. The van der Waals surface area contributed by atoms with Crippen molar-refractivity contribution in [2.24, 2.45) is 7.05 Å². The minimum Gasteiger partial charge on any atom is -0.481 e. The number of aromatic nitrogens is 2. The predicted octanol–water partition coefficient (Wildman–Crippen LogP) is 5.69. The van der Waals surface area contributed by atoms with Crippen molar-refractivity contribution in [1.82, 2.24) is 9.78 Å². The summed E-state index contributed by atoms with van der Waals surface area (Å²) in [6.45, 7) is 1.82. The molecule has 34 heavy (non-hydrogen) atoms. The lowest BCUT2D eigenvalue weighted by Gasteiger charge is -2.14. The molecular formula is C27H25N3O4. The normalized spacial score (nSPS) is 11.6. The first-order valence-corrected chi connectivity index (χ1v) is 10.9. The van der Waals surface area contributed by atoms with E-state index in [1.807, 2.05) is 92.0 Å². The van der Waals surface area contributed by atoms with Crippen molar-refractivity contribution in [3.63, 3.8) is 0 Å². The number of anilines is 1. The molecular weight excluding hydrogens is 430 g/mol. The van der Waals surface area contributed by atoms with Crippen LogP contribution in [0.1, 0.15) is 24.2 Å². The Labute approximate surface area is 197 Å². The Kier molecular flexibility index (Phi) is 6.73. The Morgan fingerprint density at radius 2 is 1.53 bits per heavy atom. The van der Waals surface area contributed by atoms with Gasteiger partial charge in [0.05, 0.1) is 6.42 Å². The number of amides is 1. The number of carbonyl (C=O) groups is 2. The number of carboxylic acids is 1. The molecule has 1 amide bonds. The van der Waals surface area contributed by atoms with E-state index in [1.165, 1.54) is 0 Å². The lowest BCUT2D eigenvalue weighted by atomic mass is 10.00. The van der Waals surface area contributed by atoms with Crippen LogP contribution in [0.3, 0.4) is 0 Å². The number of aliphatic carboxylic acids is 1. The molecule has 2 N–H and O–H groups in total. The zero-order valence-corrected chi connectivity index (χ0v) is 18.9. The molecule has 0 saturated carbocycles. The van der Waals surface area contributed by atoms with Gasteiger partial charge in [-0.2, -0.15) is 5.10 Å². The average Bonchev–Trinajstić information content (AvgIpc) is 3.19. The molecule has 0 aliphatic heterocycles. The molecule has 0 radical (unpaired) electrons. The van der Waals surface area contributed by atoms with Gasteiger partial charge in [-0.15, -0.1) is 0 Å². The highest BCUT2D eigenvalue weighted by Gasteiger charge is 2.16. The Hall–Kier alpha value is -4.39. The van der Waals surface area contributed by atoms with Crippen molar-refractivity contribution in [1.29, 1.82) is 0 Å². The molecule has 0 bridgehead atoms. The highest BCUT2D eigenvalue weighted by atomic mass is 16.6. The first-order valence-electron chi connectivity index (χ1n) is 10.9. The van der Waals surface area contributed by atoms with E-state index < -0.39 is 18.2 Å². The Morgan fingerprint density at radius 1 is 0.941 bits per heavy atom. The quantitative estimate of drug-likeness (QED) is 0.373. The fraction of sp³-hybridized carbons (Fsp3) is 0.148. The molecule has 7 heteroatoms. The highest BCUT2D eigenvalue weighted by Crippen LogP contribution is 2.30. The summed E-state index contributed by atoms with van der Waals surface area (Å²) in [5, 5.41) is 16.1. The third-order valence-electron chi connectivity index (χ3n) is 5.44. The molecule has 7 nitrogen and oxygen atoms in total. The van der Waals surface area contributed by atoms with Crippen molar-refractivity contribution >= 4 is 17.9 Å². The van der Waals surface area contributed by atoms with E-state index >= 15 is 0 Å². The number of nitrogens with one attached hydrogen (secondary N) is 1. The van der Waals surface area contributed by atoms with Gasteiger partial charge in [0.25, 0.3) is 0 Å². The van der Waals surface area contributed by atoms with E-state index in [2.05, 4.69) is 10.4 Å². The summed E-state index contributed by atoms with van der Waals surface area (Å²) in [4.78, 5) is 23.4. The summed E-state index contributed by atoms with van der Waals surface area (Å²) in [6.07, 6.45) is 0.873. The van der Waals surface area contributed by atoms with Crippen LogP contribution in [0, 0.1) is 0 Å². The minimum atomic E-state index is -0.851. The second-order valence-electron chi connectivity index (χ2n) is 7.99. The monoisotopic (exact) mass is 455 g/mol. The number of benzene rings is 3. The maximum absolute atomic E-state index is 12.5. The molecule has 1 aromatic heterocycles. The number of nitrogens with zero attached hydrogens (tertiary/aromatic N) is 2. The van der Waals surface area contributed by atoms with Crippen molar-refractivity contribution < 1.29 is 19.4 Å². The summed E-state index contributed by atoms with van der Waals surface area (Å²) < 4.78 is 7.15. The topological polar surface area (TPSA) is 93.5 Å². The summed E-state index contributed by atoms with van der Waals surface area (Å²) in [5.74, 6) is -0.435. The van der Waals surface area contributed by atoms with Crippen molar-refractivity contribution in [3.05, 3.63) is 96.2 Å². The van der Waals surface area contributed by atoms with Crippen LogP contribution in [0.4, 0.5) is 10.6 Å². The van der Waals surface area contributed by atoms with Gasteiger partial charge in [0.1, 0.15) is 6.10 Å². The van der Waals surface area contributed by atoms with Crippen LogP contribution < -0.4 is 5.32 Å². The maximum atomic E-state index is 12.5. The molecule has 4 aromatic rings. The minimum absolute atomic E-state index is 0.00254. The van der Waals surface area contributed by atoms with Gasteiger partial charge in [-0.05, 0) is 34.7 Å². The lowest BCUT2D eigenvalue weighted by molar-refractivity contribution is -0.136. The van der Waals surface area contributed by atoms with Crippen LogP contribution in [-0.2, 0) is 23.0 Å². The maximum Gasteiger partial charge on any atom is 0.413 e. The summed E-state index contributed by atoms with van der Waals surface area (Å²) in [6, 6.07) is 24.9. The highest BCUT2D eigenvalue weighted by molar-refractivity contribution is 5.90. The van der Waals surface area contributed by atoms with E-state index in [-0.39, 0.29) is 6.42 Å². The van der Waals surface area contributed by atoms with E-state index in [0.717, 1.165) is 33.4 Å². The largest absolute Gasteiger partial charge is 0.481 e. The van der Waals surface area contributed by atoms with Gasteiger partial charge in [0.2, 0.25) is 0 Å². The molecule has 0 saturated heterocycles. The van der Waals surface area contributed by atoms with Gasteiger partial charge < -0.3 is 9.84 Å². The van der Waals surface area contributed by atoms with Gasteiger partial charge in [-0.1, -0.05) is 78.9 Å². The fourth-order valence-corrected chi connectivity index (χ4v) is 3.70. The van der Waals surface area contributed by atoms with E-state index in [1.54, 1.807) is 11.7 Å². The van der Waals surface area contributed by atoms with Gasteiger partial charge >= 0.3 is 12.1 Å². The van der Waals surface area contributed by atoms with Crippen LogP contribution in [0.2, 0.25) is 0 Å². The van der Waals surface area contributed by atoms with Crippen LogP contribution in [0.15, 0.2) is 85.1 Å². The van der Waals surface area contributed by atoms with Crippen LogP contribution in [0.5, 0.6) is 0 Å². The van der Waals surface area contributed by atoms with Gasteiger partial charge in [0, 0.05) is 18.8 Å². The van der Waals surface area contributed by atoms with Crippen LogP contribution in [0.25, 0.3) is 22.3 Å². The van der Waals surface area contributed by atoms with Gasteiger partial charge in [-0.25, -0.2) is 4.79 Å². The molecule has 0 aliphatic carbocycles. The standard InChI is InChI=1S/C27H25N3O4/c1-18(20-6-4-3-5-7-20)34-27(33)28-26-24(17-30(2)29-26)23-14-12-22(13-15-23)21-10-8-19(9-11-21)16-25(31)32/h3-15,17-18H,16H2,1-2H3,(H,31,32)(H,28,29,33). The number of rotatable bonds is 7. The average molecular weight is 456 g/mol. The molecule has 0 spiro atoms. The molecule has 1 unspecified atom stereocenters. The first-order chi connectivity index (χ1) is 16.4. The molecule has 4 rings (SSSR count). The van der Waals surface area contributed by atoms with Gasteiger partial charge in [-0.3, -0.25) is 14.8 Å². The SMILES string of the molecule is CC(OC(=O)Nc1nn(C)cc1-c1ccc(-c2ccc(CC(=O)O)cc2)cc1)c1ccccc1.